The van der Waals surface area contributed by atoms with Gasteiger partial charge in [-0.2, -0.15) is 0 Å². The van der Waals surface area contributed by atoms with Crippen LogP contribution in [-0.4, -0.2) is 29.9 Å². The molecule has 0 aliphatic carbocycles. The van der Waals surface area contributed by atoms with E-state index >= 15 is 0 Å². The summed E-state index contributed by atoms with van der Waals surface area (Å²) in [5.74, 6) is 0.619. The number of anilines is 2. The molecular formula is C17H19N3O3S. The van der Waals surface area contributed by atoms with Gasteiger partial charge >= 0.3 is 0 Å². The number of amides is 2. The Morgan fingerprint density at radius 2 is 2.12 bits per heavy atom. The van der Waals surface area contributed by atoms with Gasteiger partial charge in [0.2, 0.25) is 5.91 Å². The molecule has 1 N–H and O–H groups in total. The number of hydrogen-bond acceptors (Lipinski definition) is 5. The van der Waals surface area contributed by atoms with E-state index in [-0.39, 0.29) is 11.8 Å². The predicted octanol–water partition coefficient (Wildman–Crippen LogP) is 3.23. The van der Waals surface area contributed by atoms with E-state index in [9.17, 15) is 9.59 Å². The summed E-state index contributed by atoms with van der Waals surface area (Å²) in [7, 11) is 0. The van der Waals surface area contributed by atoms with E-state index in [4.69, 9.17) is 4.74 Å². The molecule has 1 fully saturated rings. The molecule has 0 spiro atoms. The minimum absolute atomic E-state index is 0.0715. The highest BCUT2D eigenvalue weighted by atomic mass is 32.1. The first-order chi connectivity index (χ1) is 11.6. The van der Waals surface area contributed by atoms with Crippen LogP contribution in [0.1, 0.15) is 35.1 Å². The molecule has 0 saturated carbocycles. The Kier molecular flexibility index (Phi) is 4.80. The van der Waals surface area contributed by atoms with E-state index in [0.29, 0.717) is 41.0 Å². The van der Waals surface area contributed by atoms with Crippen LogP contribution in [0.4, 0.5) is 10.8 Å². The molecule has 7 heteroatoms. The van der Waals surface area contributed by atoms with Crippen molar-refractivity contribution >= 4 is 34.0 Å². The Balaban J connectivity index is 1.73. The van der Waals surface area contributed by atoms with Gasteiger partial charge in [0, 0.05) is 18.7 Å². The normalized spacial score (nSPS) is 14.1. The maximum Gasteiger partial charge on any atom is 0.267 e. The molecule has 126 valence electrons. The number of aromatic nitrogens is 1. The zero-order chi connectivity index (χ0) is 17.1. The highest BCUT2D eigenvalue weighted by Crippen LogP contribution is 2.30. The monoisotopic (exact) mass is 345 g/mol. The lowest BCUT2D eigenvalue weighted by atomic mass is 10.3. The molecule has 2 amide bonds. The number of carbonyl (C=O) groups is 2. The molecule has 0 bridgehead atoms. The van der Waals surface area contributed by atoms with E-state index in [1.165, 1.54) is 11.3 Å². The van der Waals surface area contributed by atoms with Crippen LogP contribution in [0.2, 0.25) is 0 Å². The van der Waals surface area contributed by atoms with Crippen LogP contribution in [0.3, 0.4) is 0 Å². The van der Waals surface area contributed by atoms with Gasteiger partial charge in [0.25, 0.3) is 5.91 Å². The van der Waals surface area contributed by atoms with Crippen LogP contribution in [0.15, 0.2) is 24.3 Å². The Bertz CT molecular complexity index is 755. The second kappa shape index (κ2) is 7.00. The molecule has 1 aromatic heterocycles. The van der Waals surface area contributed by atoms with Crippen molar-refractivity contribution in [1.82, 2.24) is 4.98 Å². The van der Waals surface area contributed by atoms with E-state index in [2.05, 4.69) is 10.3 Å². The number of carbonyl (C=O) groups excluding carboxylic acids is 2. The minimum atomic E-state index is -0.216. The molecule has 2 aromatic rings. The number of rotatable bonds is 5. The average molecular weight is 345 g/mol. The predicted molar refractivity (Wildman–Crippen MR) is 94.0 cm³/mol. The Hall–Kier alpha value is -2.41. The van der Waals surface area contributed by atoms with Crippen molar-refractivity contribution in [2.45, 2.75) is 26.7 Å². The second-order valence-electron chi connectivity index (χ2n) is 5.47. The summed E-state index contributed by atoms with van der Waals surface area (Å²) in [5, 5.41) is 3.46. The highest BCUT2D eigenvalue weighted by molar-refractivity contribution is 7.18. The molecule has 0 unspecified atom stereocenters. The molecule has 0 atom stereocenters. The first-order valence-electron chi connectivity index (χ1n) is 7.90. The molecule has 1 aliphatic heterocycles. The van der Waals surface area contributed by atoms with Crippen molar-refractivity contribution in [1.29, 1.82) is 0 Å². The third kappa shape index (κ3) is 3.41. The van der Waals surface area contributed by atoms with E-state index in [0.717, 1.165) is 12.2 Å². The van der Waals surface area contributed by atoms with Gasteiger partial charge in [0.15, 0.2) is 5.13 Å². The van der Waals surface area contributed by atoms with Gasteiger partial charge < -0.3 is 10.1 Å². The molecule has 2 heterocycles. The fraction of sp³-hybridized carbons (Fsp3) is 0.353. The molecule has 1 saturated heterocycles. The number of nitrogens with zero attached hydrogens (tertiary/aromatic N) is 2. The summed E-state index contributed by atoms with van der Waals surface area (Å²) < 4.78 is 5.38. The van der Waals surface area contributed by atoms with Gasteiger partial charge in [-0.15, -0.1) is 0 Å². The lowest BCUT2D eigenvalue weighted by Gasteiger charge is -2.10. The number of hydrogen-bond donors (Lipinski definition) is 1. The summed E-state index contributed by atoms with van der Waals surface area (Å²) in [6.07, 6.45) is 1.39. The van der Waals surface area contributed by atoms with Crippen molar-refractivity contribution in [3.05, 3.63) is 34.8 Å². The fourth-order valence-electron chi connectivity index (χ4n) is 2.55. The number of ether oxygens (including phenoxy) is 1. The Labute approximate surface area is 144 Å². The fourth-order valence-corrected chi connectivity index (χ4v) is 3.55. The van der Waals surface area contributed by atoms with E-state index in [1.807, 2.05) is 19.1 Å². The van der Waals surface area contributed by atoms with Gasteiger partial charge in [-0.25, -0.2) is 4.98 Å². The van der Waals surface area contributed by atoms with Crippen LogP contribution >= 0.6 is 11.3 Å². The topological polar surface area (TPSA) is 71.5 Å². The number of benzene rings is 1. The van der Waals surface area contributed by atoms with Crippen LogP contribution < -0.4 is 15.0 Å². The van der Waals surface area contributed by atoms with E-state index in [1.54, 1.807) is 24.0 Å². The van der Waals surface area contributed by atoms with Crippen LogP contribution in [0, 0.1) is 6.92 Å². The summed E-state index contributed by atoms with van der Waals surface area (Å²) in [5.41, 5.74) is 1.33. The van der Waals surface area contributed by atoms with Crippen LogP contribution in [0.25, 0.3) is 0 Å². The molecule has 1 aromatic carbocycles. The van der Waals surface area contributed by atoms with Crippen molar-refractivity contribution < 1.29 is 14.3 Å². The molecule has 0 radical (unpaired) electrons. The van der Waals surface area contributed by atoms with Crippen molar-refractivity contribution in [2.75, 3.05) is 23.4 Å². The minimum Gasteiger partial charge on any atom is -0.494 e. The lowest BCUT2D eigenvalue weighted by molar-refractivity contribution is -0.117. The molecular weight excluding hydrogens is 326 g/mol. The smallest absolute Gasteiger partial charge is 0.267 e. The van der Waals surface area contributed by atoms with Gasteiger partial charge in [-0.1, -0.05) is 11.3 Å². The first kappa shape index (κ1) is 16.4. The van der Waals surface area contributed by atoms with Crippen molar-refractivity contribution in [2.24, 2.45) is 0 Å². The maximum atomic E-state index is 12.5. The van der Waals surface area contributed by atoms with Gasteiger partial charge in [-0.05, 0) is 44.5 Å². The number of thiazole rings is 1. The van der Waals surface area contributed by atoms with Crippen LogP contribution in [-0.2, 0) is 4.79 Å². The maximum absolute atomic E-state index is 12.5. The summed E-state index contributed by atoms with van der Waals surface area (Å²) in [6, 6.07) is 7.22. The molecule has 6 nitrogen and oxygen atoms in total. The zero-order valence-corrected chi connectivity index (χ0v) is 14.5. The third-order valence-corrected chi connectivity index (χ3v) is 4.90. The van der Waals surface area contributed by atoms with Crippen molar-refractivity contribution in [3.8, 4) is 5.75 Å². The summed E-state index contributed by atoms with van der Waals surface area (Å²) >= 11 is 1.26. The zero-order valence-electron chi connectivity index (χ0n) is 13.7. The average Bonchev–Trinajstić information content (AvgIpc) is 3.15. The number of aryl methyl sites for hydroxylation is 1. The largest absolute Gasteiger partial charge is 0.494 e. The molecule has 24 heavy (non-hydrogen) atoms. The van der Waals surface area contributed by atoms with Gasteiger partial charge in [0.1, 0.15) is 10.6 Å². The SMILES string of the molecule is CCOc1ccc(NC(=O)c2sc(N3CCCC3=O)nc2C)cc1. The quantitative estimate of drug-likeness (QED) is 0.903. The third-order valence-electron chi connectivity index (χ3n) is 3.72. The molecule has 3 rings (SSSR count). The van der Waals surface area contributed by atoms with Crippen molar-refractivity contribution in [3.63, 3.8) is 0 Å². The van der Waals surface area contributed by atoms with Gasteiger partial charge in [-0.3, -0.25) is 14.5 Å². The second-order valence-corrected chi connectivity index (χ2v) is 6.45. The lowest BCUT2D eigenvalue weighted by Crippen LogP contribution is -2.23. The summed E-state index contributed by atoms with van der Waals surface area (Å²) in [6.45, 7) is 4.98. The highest BCUT2D eigenvalue weighted by Gasteiger charge is 2.26. The Morgan fingerprint density at radius 3 is 2.75 bits per heavy atom. The molecule has 1 aliphatic rings. The summed E-state index contributed by atoms with van der Waals surface area (Å²) in [4.78, 5) is 30.9. The first-order valence-corrected chi connectivity index (χ1v) is 8.72. The van der Waals surface area contributed by atoms with Gasteiger partial charge in [0.05, 0.1) is 12.3 Å². The number of nitrogens with one attached hydrogen (secondary N) is 1. The Morgan fingerprint density at radius 1 is 1.38 bits per heavy atom. The standard InChI is InChI=1S/C17H19N3O3S/c1-3-23-13-8-6-12(7-9-13)19-16(22)15-11(2)18-17(24-15)20-10-4-5-14(20)21/h6-9H,3-5,10H2,1-2H3,(H,19,22). The van der Waals surface area contributed by atoms with E-state index < -0.39 is 0 Å². The van der Waals surface area contributed by atoms with Crippen LogP contribution in [0.5, 0.6) is 5.75 Å².